The Labute approximate surface area is 416 Å². The number of carbonyl (C=O) groups excluding carboxylic acids is 2. The van der Waals surface area contributed by atoms with Crippen LogP contribution in [0.1, 0.15) is 67.3 Å². The van der Waals surface area contributed by atoms with Crippen molar-refractivity contribution >= 4 is 91.9 Å². The zero-order chi connectivity index (χ0) is 49.8. The van der Waals surface area contributed by atoms with Crippen molar-refractivity contribution in [2.24, 2.45) is 11.7 Å². The van der Waals surface area contributed by atoms with Gasteiger partial charge in [-0.25, -0.2) is 35.0 Å². The molecule has 2 saturated heterocycles. The second kappa shape index (κ2) is 21.8. The van der Waals surface area contributed by atoms with Crippen molar-refractivity contribution in [1.29, 1.82) is 5.26 Å². The van der Waals surface area contributed by atoms with E-state index in [9.17, 15) is 14.9 Å². The van der Waals surface area contributed by atoms with Crippen molar-refractivity contribution in [2.75, 3.05) is 30.5 Å². The smallest absolute Gasteiger partial charge is 0.261 e. The lowest BCUT2D eigenvalue weighted by atomic mass is 10.0. The summed E-state index contributed by atoms with van der Waals surface area (Å²) in [6, 6.07) is 18.4. The summed E-state index contributed by atoms with van der Waals surface area (Å²) in [5, 5.41) is 18.5. The first-order chi connectivity index (χ1) is 33.5. The van der Waals surface area contributed by atoms with E-state index in [4.69, 9.17) is 56.8 Å². The van der Waals surface area contributed by atoms with E-state index in [0.29, 0.717) is 33.5 Å². The third-order valence-corrected chi connectivity index (χ3v) is 20.3. The molecule has 5 N–H and O–H groups in total. The monoisotopic (exact) mass is 1050 g/mol. The van der Waals surface area contributed by atoms with E-state index in [0.717, 1.165) is 0 Å². The van der Waals surface area contributed by atoms with Crippen molar-refractivity contribution in [1.82, 2.24) is 44.1 Å². The second-order valence-corrected chi connectivity index (χ2v) is 27.0. The summed E-state index contributed by atoms with van der Waals surface area (Å²) in [7, 11) is -2.39. The van der Waals surface area contributed by atoms with Gasteiger partial charge in [0.25, 0.3) is 18.5 Å². The number of benzene rings is 2. The topological polar surface area (TPSA) is 263 Å². The Kier molecular flexibility index (Phi) is 16.0. The molecule has 2 aliphatic heterocycles. The van der Waals surface area contributed by atoms with E-state index in [-0.39, 0.29) is 68.2 Å². The molecule has 0 radical (unpaired) electrons. The highest BCUT2D eigenvalue weighted by Crippen LogP contribution is 2.50. The quantitative estimate of drug-likeness (QED) is 0.0370. The molecule has 368 valence electrons. The molecule has 0 spiro atoms. The normalized spacial score (nSPS) is 23.6. The molecule has 1 unspecified atom stereocenters. The van der Waals surface area contributed by atoms with Crippen LogP contribution in [0.4, 0.5) is 11.6 Å². The summed E-state index contributed by atoms with van der Waals surface area (Å²) >= 11 is 11.5. The highest BCUT2D eigenvalue weighted by atomic mass is 32.5. The molecule has 0 saturated carbocycles. The van der Waals surface area contributed by atoms with Gasteiger partial charge in [-0.2, -0.15) is 5.26 Å². The summed E-state index contributed by atoms with van der Waals surface area (Å²) in [6.07, 6.45) is 2.12. The van der Waals surface area contributed by atoms with Gasteiger partial charge in [-0.1, -0.05) is 64.1 Å². The molecule has 2 amide bonds. The molecule has 4 aromatic heterocycles. The van der Waals surface area contributed by atoms with Crippen molar-refractivity contribution in [3.05, 3.63) is 97.1 Å². The van der Waals surface area contributed by atoms with Crippen LogP contribution in [0.2, 0.25) is 18.1 Å². The van der Waals surface area contributed by atoms with Crippen molar-refractivity contribution < 1.29 is 37.1 Å². The van der Waals surface area contributed by atoms with E-state index in [1.54, 1.807) is 70.3 Å². The van der Waals surface area contributed by atoms with Crippen molar-refractivity contribution in [3.8, 4) is 6.07 Å². The number of anilines is 2. The number of imidazole rings is 2. The first kappa shape index (κ1) is 51.4. The Morgan fingerprint density at radius 1 is 0.843 bits per heavy atom. The number of nitrogens with one attached hydrogen (secondary N) is 3. The maximum Gasteiger partial charge on any atom is 0.261 e. The lowest BCUT2D eigenvalue weighted by Crippen LogP contribution is -2.52. The van der Waals surface area contributed by atoms with E-state index < -0.39 is 57.8 Å². The average Bonchev–Trinajstić information content (AvgIpc) is 4.12. The Bertz CT molecular complexity index is 2930. The van der Waals surface area contributed by atoms with E-state index in [1.165, 1.54) is 12.7 Å². The van der Waals surface area contributed by atoms with Gasteiger partial charge in [-0.3, -0.25) is 18.7 Å². The standard InChI is InChI=1S/C44H53N13O8P2S2Si/c1-26-31(46)29(63-42(26)56-24-51-33-36(47-22-49-38(33)56)53-40(58)27-14-9-7-10-15-27)21-62-67(69,61-19-13-18-45)55-32-30(20-60-66-68)64-43(35(32)65-70(5,6)44(2,3)4)57-25-52-34-37(48-23-50-39(34)57)54-41(59)28-16-11-8-12-17-28/h7-12,14-17,22-26,29-32,35,42-43H,13,19-21,46H2,1-6H3,(H,55,69)(H,47,49,53,58)(H,48,50,54,59)/t26-,29-,30-,31+,32-,35-,42-,43-,67?/m1/s1. The van der Waals surface area contributed by atoms with Gasteiger partial charge in [0.1, 0.15) is 38.7 Å². The number of amides is 2. The fourth-order valence-electron chi connectivity index (χ4n) is 7.87. The molecule has 9 atom stereocenters. The molecule has 0 aliphatic carbocycles. The maximum atomic E-state index is 13.2. The SMILES string of the molecule is C[C@@H]1[C@H](N)[C@@H](COP(=S)(N[C@H]2[C@@H](O[Si](C)(C)C(C)(C)C)[C@H](n3cnc4c(NC(=O)c5ccccc5)ncnc43)O[C@@H]2COP=S)OCCC#N)O[C@H]1n1cnc2c(NC(=O)c3ccccc3)ncnc21. The van der Waals surface area contributed by atoms with E-state index >= 15 is 0 Å². The molecule has 6 heterocycles. The Balaban J connectivity index is 1.07. The van der Waals surface area contributed by atoms with Crippen LogP contribution in [0.25, 0.3) is 22.3 Å². The van der Waals surface area contributed by atoms with Crippen LogP contribution in [0.5, 0.6) is 0 Å². The zero-order valence-corrected chi connectivity index (χ0v) is 43.5. The van der Waals surface area contributed by atoms with Gasteiger partial charge >= 0.3 is 0 Å². The number of carbonyl (C=O) groups is 2. The van der Waals surface area contributed by atoms with Crippen LogP contribution in [0, 0.1) is 17.2 Å². The summed E-state index contributed by atoms with van der Waals surface area (Å²) < 4.78 is 43.0. The predicted octanol–water partition coefficient (Wildman–Crippen LogP) is 6.79. The molecule has 26 heteroatoms. The molecule has 2 aromatic carbocycles. The van der Waals surface area contributed by atoms with Gasteiger partial charge in [-0.05, 0) is 66.0 Å². The largest absolute Gasteiger partial charge is 0.408 e. The second-order valence-electron chi connectivity index (χ2n) is 18.2. The van der Waals surface area contributed by atoms with Gasteiger partial charge in [0, 0.05) is 23.1 Å². The molecular formula is C44H53N13O8P2S2Si. The van der Waals surface area contributed by atoms with Crippen LogP contribution < -0.4 is 21.5 Å². The highest BCUT2D eigenvalue weighted by molar-refractivity contribution is 8.09. The third kappa shape index (κ3) is 11.1. The lowest BCUT2D eigenvalue weighted by Gasteiger charge is -2.41. The Hall–Kier alpha value is -4.96. The first-order valence-electron chi connectivity index (χ1n) is 22.3. The number of nitrogens with zero attached hydrogens (tertiary/aromatic N) is 9. The molecule has 8 rings (SSSR count). The molecule has 2 aliphatic rings. The van der Waals surface area contributed by atoms with Crippen LogP contribution >= 0.6 is 14.2 Å². The van der Waals surface area contributed by atoms with Crippen LogP contribution in [-0.4, -0.2) is 109 Å². The summed E-state index contributed by atoms with van der Waals surface area (Å²) in [6.45, 7) is 8.89. The third-order valence-electron chi connectivity index (χ3n) is 12.7. The van der Waals surface area contributed by atoms with Crippen LogP contribution in [0.15, 0.2) is 86.0 Å². The fraction of sp³-hybridized carbons (Fsp3) is 0.432. The number of nitrogens with two attached hydrogens (primary N) is 1. The number of ether oxygens (including phenoxy) is 2. The van der Waals surface area contributed by atoms with Gasteiger partial charge in [-0.15, -0.1) is 0 Å². The van der Waals surface area contributed by atoms with Gasteiger partial charge < -0.3 is 43.8 Å². The number of hydrogen-bond acceptors (Lipinski definition) is 18. The van der Waals surface area contributed by atoms with Gasteiger partial charge in [0.05, 0.1) is 57.1 Å². The number of rotatable bonds is 19. The number of aromatic nitrogens is 8. The molecule has 21 nitrogen and oxygen atoms in total. The van der Waals surface area contributed by atoms with Crippen LogP contribution in [-0.2, 0) is 51.1 Å². The minimum absolute atomic E-state index is 0.0278. The summed E-state index contributed by atoms with van der Waals surface area (Å²) in [5.41, 5.74) is 9.28. The van der Waals surface area contributed by atoms with Crippen molar-refractivity contribution in [2.45, 2.75) is 95.1 Å². The predicted molar refractivity (Wildman–Crippen MR) is 270 cm³/mol. The fourth-order valence-corrected chi connectivity index (χ4v) is 11.9. The molecule has 2 fully saturated rings. The highest BCUT2D eigenvalue weighted by Gasteiger charge is 2.53. The first-order valence-corrected chi connectivity index (χ1v) is 29.7. The zero-order valence-electron chi connectivity index (χ0n) is 39.1. The summed E-state index contributed by atoms with van der Waals surface area (Å²) in [5.74, 6) is -0.535. The van der Waals surface area contributed by atoms with Crippen LogP contribution in [0.3, 0.4) is 0 Å². The van der Waals surface area contributed by atoms with E-state index in [1.807, 2.05) is 19.1 Å². The molecule has 6 aromatic rings. The minimum Gasteiger partial charge on any atom is -0.408 e. The lowest BCUT2D eigenvalue weighted by molar-refractivity contribution is -0.0416. The van der Waals surface area contributed by atoms with Crippen molar-refractivity contribution in [3.63, 3.8) is 0 Å². The number of nitriles is 1. The minimum atomic E-state index is -3.59. The van der Waals surface area contributed by atoms with Gasteiger partial charge in [0.2, 0.25) is 0 Å². The molecule has 0 bridgehead atoms. The van der Waals surface area contributed by atoms with E-state index in [2.05, 4.69) is 85.6 Å². The molecular weight excluding hydrogens is 993 g/mol. The van der Waals surface area contributed by atoms with Gasteiger partial charge in [0.15, 0.2) is 48.5 Å². The average molecular weight is 1050 g/mol. The number of fused-ring (bicyclic) bond motifs is 2. The summed E-state index contributed by atoms with van der Waals surface area (Å²) in [4.78, 5) is 53.2. The Morgan fingerprint density at radius 2 is 1.39 bits per heavy atom. The number of hydrogen-bond donors (Lipinski definition) is 4. The maximum absolute atomic E-state index is 13.2. The Morgan fingerprint density at radius 3 is 1.91 bits per heavy atom. The molecule has 70 heavy (non-hydrogen) atoms.